The first-order valence-electron chi connectivity index (χ1n) is 15.9. The molecule has 47 heavy (non-hydrogen) atoms. The van der Waals surface area contributed by atoms with Crippen molar-refractivity contribution in [1.29, 1.82) is 0 Å². The van der Waals surface area contributed by atoms with Gasteiger partial charge < -0.3 is 0 Å². The second-order valence-corrected chi connectivity index (χ2v) is 12.0. The van der Waals surface area contributed by atoms with Crippen LogP contribution in [-0.4, -0.2) is 24.9 Å². The summed E-state index contributed by atoms with van der Waals surface area (Å²) in [6.45, 7) is 4.35. The van der Waals surface area contributed by atoms with Gasteiger partial charge in [0.1, 0.15) is 0 Å². The summed E-state index contributed by atoms with van der Waals surface area (Å²) in [6.07, 6.45) is 0. The molecule has 0 bridgehead atoms. The summed E-state index contributed by atoms with van der Waals surface area (Å²) in [6, 6.07) is 49.7. The van der Waals surface area contributed by atoms with Gasteiger partial charge in [0, 0.05) is 38.7 Å². The molecule has 3 heterocycles. The highest BCUT2D eigenvalue weighted by atomic mass is 15.0. The average molecular weight is 606 g/mol. The molecule has 224 valence electrons. The normalized spacial score (nSPS) is 11.4. The fourth-order valence-corrected chi connectivity index (χ4v) is 5.94. The number of pyridine rings is 2. The zero-order chi connectivity index (χ0) is 31.7. The van der Waals surface area contributed by atoms with Crippen molar-refractivity contribution < 1.29 is 0 Å². The Morgan fingerprint density at radius 3 is 1.45 bits per heavy atom. The molecule has 0 fully saturated rings. The van der Waals surface area contributed by atoms with Crippen LogP contribution >= 0.6 is 0 Å². The summed E-state index contributed by atoms with van der Waals surface area (Å²) < 4.78 is 0. The molecular formula is C42H31N5. The van der Waals surface area contributed by atoms with Crippen molar-refractivity contribution in [1.82, 2.24) is 24.9 Å². The van der Waals surface area contributed by atoms with Gasteiger partial charge in [-0.1, -0.05) is 147 Å². The molecule has 5 heteroatoms. The van der Waals surface area contributed by atoms with E-state index < -0.39 is 0 Å². The van der Waals surface area contributed by atoms with Crippen molar-refractivity contribution in [3.63, 3.8) is 0 Å². The molecular weight excluding hydrogens is 574 g/mol. The number of nitrogens with zero attached hydrogens (tertiary/aromatic N) is 5. The second-order valence-electron chi connectivity index (χ2n) is 12.0. The number of fused-ring (bicyclic) bond motifs is 3. The van der Waals surface area contributed by atoms with Gasteiger partial charge in [0.25, 0.3) is 0 Å². The standard InChI is InChI=1S/C42H31N5/c1-27(2)36-25-23-30-22-24-34-35(28-12-6-3-7-13-28)26-37(44-39(34)38(30)43-36)29-18-20-33(21-19-29)42-46-40(31-14-8-4-9-15-31)45-41(47-42)32-16-10-5-11-17-32/h3-27H,1-2H3. The molecule has 0 aliphatic heterocycles. The Morgan fingerprint density at radius 1 is 0.404 bits per heavy atom. The van der Waals surface area contributed by atoms with Crippen LogP contribution < -0.4 is 0 Å². The molecule has 0 atom stereocenters. The van der Waals surface area contributed by atoms with Gasteiger partial charge in [-0.2, -0.15) is 0 Å². The SMILES string of the molecule is CC(C)c1ccc2ccc3c(-c4ccccc4)cc(-c4ccc(-c5nc(-c6ccccc6)nc(-c6ccccc6)n5)cc4)nc3c2n1. The second kappa shape index (κ2) is 12.0. The zero-order valence-corrected chi connectivity index (χ0v) is 26.2. The highest BCUT2D eigenvalue weighted by molar-refractivity contribution is 6.09. The molecule has 0 aliphatic carbocycles. The van der Waals surface area contributed by atoms with E-state index >= 15 is 0 Å². The summed E-state index contributed by atoms with van der Waals surface area (Å²) in [7, 11) is 0. The molecule has 0 N–H and O–H groups in total. The summed E-state index contributed by atoms with van der Waals surface area (Å²) in [5, 5.41) is 2.17. The minimum Gasteiger partial charge on any atom is -0.250 e. The Labute approximate surface area is 273 Å². The molecule has 3 aromatic heterocycles. The van der Waals surface area contributed by atoms with Gasteiger partial charge in [0.05, 0.1) is 16.7 Å². The largest absolute Gasteiger partial charge is 0.250 e. The smallest absolute Gasteiger partial charge is 0.164 e. The van der Waals surface area contributed by atoms with Crippen molar-refractivity contribution >= 4 is 21.8 Å². The molecule has 5 aromatic carbocycles. The lowest BCUT2D eigenvalue weighted by Crippen LogP contribution is -2.00. The molecule has 0 aliphatic rings. The summed E-state index contributed by atoms with van der Waals surface area (Å²) >= 11 is 0. The minimum atomic E-state index is 0.319. The third-order valence-corrected chi connectivity index (χ3v) is 8.48. The van der Waals surface area contributed by atoms with Crippen LogP contribution in [0, 0.1) is 0 Å². The van der Waals surface area contributed by atoms with Crippen LogP contribution in [0.1, 0.15) is 25.5 Å². The predicted molar refractivity (Wildman–Crippen MR) is 192 cm³/mol. The van der Waals surface area contributed by atoms with Crippen molar-refractivity contribution in [3.05, 3.63) is 151 Å². The van der Waals surface area contributed by atoms with Gasteiger partial charge in [-0.3, -0.25) is 4.98 Å². The summed E-state index contributed by atoms with van der Waals surface area (Å²) in [5.74, 6) is 2.22. The van der Waals surface area contributed by atoms with E-state index in [4.69, 9.17) is 24.9 Å². The van der Waals surface area contributed by atoms with Crippen LogP contribution in [-0.2, 0) is 0 Å². The van der Waals surface area contributed by atoms with Crippen LogP contribution in [0.3, 0.4) is 0 Å². The van der Waals surface area contributed by atoms with E-state index in [-0.39, 0.29) is 0 Å². The lowest BCUT2D eigenvalue weighted by molar-refractivity contribution is 0.830. The lowest BCUT2D eigenvalue weighted by atomic mass is 9.96. The maximum Gasteiger partial charge on any atom is 0.164 e. The fraction of sp³-hybridized carbons (Fsp3) is 0.0714. The zero-order valence-electron chi connectivity index (χ0n) is 26.2. The highest BCUT2D eigenvalue weighted by Crippen LogP contribution is 2.36. The van der Waals surface area contributed by atoms with E-state index in [1.165, 1.54) is 0 Å². The number of hydrogen-bond acceptors (Lipinski definition) is 5. The highest BCUT2D eigenvalue weighted by Gasteiger charge is 2.16. The topological polar surface area (TPSA) is 64.5 Å². The number of aromatic nitrogens is 5. The van der Waals surface area contributed by atoms with E-state index in [2.05, 4.69) is 92.7 Å². The molecule has 0 spiro atoms. The van der Waals surface area contributed by atoms with Crippen molar-refractivity contribution in [2.24, 2.45) is 0 Å². The van der Waals surface area contributed by atoms with Crippen LogP contribution in [0.5, 0.6) is 0 Å². The van der Waals surface area contributed by atoms with E-state index in [1.54, 1.807) is 0 Å². The van der Waals surface area contributed by atoms with Gasteiger partial charge in [-0.25, -0.2) is 19.9 Å². The molecule has 8 rings (SSSR count). The Balaban J connectivity index is 1.27. The summed E-state index contributed by atoms with van der Waals surface area (Å²) in [5.41, 5.74) is 9.85. The Hall–Kier alpha value is -6.07. The Kier molecular flexibility index (Phi) is 7.27. The fourth-order valence-electron chi connectivity index (χ4n) is 5.94. The lowest BCUT2D eigenvalue weighted by Gasteiger charge is -2.14. The van der Waals surface area contributed by atoms with Crippen molar-refractivity contribution in [3.8, 4) is 56.5 Å². The minimum absolute atomic E-state index is 0.319. The molecule has 8 aromatic rings. The Bertz CT molecular complexity index is 2300. The van der Waals surface area contributed by atoms with E-state index in [0.717, 1.165) is 66.6 Å². The first-order valence-corrected chi connectivity index (χ1v) is 15.9. The maximum atomic E-state index is 5.27. The van der Waals surface area contributed by atoms with Crippen LogP contribution in [0.25, 0.3) is 78.4 Å². The Morgan fingerprint density at radius 2 is 0.894 bits per heavy atom. The summed E-state index contributed by atoms with van der Waals surface area (Å²) in [4.78, 5) is 25.0. The quantitative estimate of drug-likeness (QED) is 0.176. The predicted octanol–water partition coefficient (Wildman–Crippen LogP) is 10.4. The van der Waals surface area contributed by atoms with Gasteiger partial charge in [-0.15, -0.1) is 0 Å². The molecule has 0 saturated carbocycles. The van der Waals surface area contributed by atoms with Gasteiger partial charge in [0.2, 0.25) is 0 Å². The van der Waals surface area contributed by atoms with E-state index in [0.29, 0.717) is 23.4 Å². The first-order chi connectivity index (χ1) is 23.1. The van der Waals surface area contributed by atoms with Gasteiger partial charge in [-0.05, 0) is 29.2 Å². The van der Waals surface area contributed by atoms with Crippen LogP contribution in [0.2, 0.25) is 0 Å². The van der Waals surface area contributed by atoms with Crippen LogP contribution in [0.4, 0.5) is 0 Å². The number of benzene rings is 5. The third-order valence-electron chi connectivity index (χ3n) is 8.48. The molecule has 0 amide bonds. The third kappa shape index (κ3) is 5.53. The average Bonchev–Trinajstić information content (AvgIpc) is 3.15. The van der Waals surface area contributed by atoms with Gasteiger partial charge >= 0.3 is 0 Å². The number of rotatable bonds is 6. The maximum absolute atomic E-state index is 5.27. The van der Waals surface area contributed by atoms with Crippen molar-refractivity contribution in [2.45, 2.75) is 19.8 Å². The van der Waals surface area contributed by atoms with E-state index in [1.807, 2.05) is 66.7 Å². The monoisotopic (exact) mass is 605 g/mol. The van der Waals surface area contributed by atoms with Crippen molar-refractivity contribution in [2.75, 3.05) is 0 Å². The van der Waals surface area contributed by atoms with Crippen LogP contribution in [0.15, 0.2) is 146 Å². The molecule has 0 saturated heterocycles. The van der Waals surface area contributed by atoms with E-state index in [9.17, 15) is 0 Å². The number of hydrogen-bond donors (Lipinski definition) is 0. The molecule has 5 nitrogen and oxygen atoms in total. The first kappa shape index (κ1) is 28.4. The molecule has 0 radical (unpaired) electrons. The molecule has 0 unspecified atom stereocenters. The van der Waals surface area contributed by atoms with Gasteiger partial charge in [0.15, 0.2) is 17.5 Å².